The molecule has 7 nitrogen and oxygen atoms in total. The summed E-state index contributed by atoms with van der Waals surface area (Å²) in [5.41, 5.74) is 0.584. The molecule has 28 heavy (non-hydrogen) atoms. The molecule has 0 aromatic heterocycles. The first-order valence-electron chi connectivity index (χ1n) is 9.26. The molecule has 9 heteroatoms. The Hall–Kier alpha value is -1.87. The molecule has 0 bridgehead atoms. The molecule has 2 saturated heterocycles. The molecule has 2 fully saturated rings. The van der Waals surface area contributed by atoms with E-state index in [-0.39, 0.29) is 18.6 Å². The van der Waals surface area contributed by atoms with Crippen LogP contribution in [0.3, 0.4) is 0 Å². The van der Waals surface area contributed by atoms with E-state index in [1.165, 1.54) is 0 Å². The molecule has 1 aromatic rings. The average Bonchev–Trinajstić information content (AvgIpc) is 2.89. The quantitative estimate of drug-likeness (QED) is 0.641. The normalized spacial score (nSPS) is 19.4. The summed E-state index contributed by atoms with van der Waals surface area (Å²) >= 11 is 8.87. The van der Waals surface area contributed by atoms with E-state index in [1.807, 2.05) is 29.2 Å². The number of carboxylic acid groups (broad SMARTS) is 1. The van der Waals surface area contributed by atoms with E-state index in [4.69, 9.17) is 22.1 Å². The zero-order valence-corrected chi connectivity index (χ0v) is 18.1. The number of carbonyl (C=O) groups excluding carboxylic acids is 1. The lowest BCUT2D eigenvalue weighted by atomic mass is 9.91. The highest BCUT2D eigenvalue weighted by Gasteiger charge is 2.47. The predicted molar refractivity (Wildman–Crippen MR) is 112 cm³/mol. The molecule has 0 aliphatic carbocycles. The largest absolute Gasteiger partial charge is 0.481 e. The van der Waals surface area contributed by atoms with Crippen molar-refractivity contribution in [2.45, 2.75) is 44.4 Å². The van der Waals surface area contributed by atoms with Gasteiger partial charge < -0.3 is 20.1 Å². The van der Waals surface area contributed by atoms with Crippen molar-refractivity contribution in [1.82, 2.24) is 15.1 Å². The second kappa shape index (κ2) is 8.65. The fraction of sp³-hybridized carbons (Fsp3) is 0.526. The van der Waals surface area contributed by atoms with Crippen LogP contribution in [0.25, 0.3) is 0 Å². The van der Waals surface area contributed by atoms with E-state index in [1.54, 1.807) is 11.8 Å². The lowest BCUT2D eigenvalue weighted by Crippen LogP contribution is -2.52. The maximum atomic E-state index is 12.4. The molecule has 1 amide bonds. The van der Waals surface area contributed by atoms with Crippen LogP contribution in [0.1, 0.15) is 31.7 Å². The molecule has 1 spiro atoms. The average molecular weight is 470 g/mol. The number of piperidine rings is 1. The highest BCUT2D eigenvalue weighted by molar-refractivity contribution is 9.10. The molecule has 1 unspecified atom stereocenters. The lowest BCUT2D eigenvalue weighted by molar-refractivity contribution is -0.137. The van der Waals surface area contributed by atoms with Crippen LogP contribution in [-0.4, -0.2) is 63.4 Å². The monoisotopic (exact) mass is 469 g/mol. The van der Waals surface area contributed by atoms with Gasteiger partial charge in [-0.3, -0.25) is 9.69 Å². The number of halogens is 1. The van der Waals surface area contributed by atoms with Gasteiger partial charge in [0.2, 0.25) is 0 Å². The van der Waals surface area contributed by atoms with Crippen LogP contribution >= 0.6 is 28.1 Å². The van der Waals surface area contributed by atoms with Crippen molar-refractivity contribution in [3.63, 3.8) is 0 Å². The SMILES string of the molecule is CC(CC(=O)O)NC(=S)N1CCC2(CC1)CN(Cc1cccc(Br)c1)C(=O)O2. The van der Waals surface area contributed by atoms with Crippen LogP contribution in [0.4, 0.5) is 4.79 Å². The molecule has 152 valence electrons. The fourth-order valence-corrected chi connectivity index (χ4v) is 4.49. The van der Waals surface area contributed by atoms with Crippen LogP contribution < -0.4 is 5.32 Å². The Morgan fingerprint density at radius 1 is 1.43 bits per heavy atom. The first-order chi connectivity index (χ1) is 13.3. The van der Waals surface area contributed by atoms with Crippen molar-refractivity contribution >= 4 is 45.3 Å². The van der Waals surface area contributed by atoms with Crippen molar-refractivity contribution < 1.29 is 19.4 Å². The van der Waals surface area contributed by atoms with E-state index < -0.39 is 11.6 Å². The van der Waals surface area contributed by atoms with E-state index in [0.717, 1.165) is 10.0 Å². The highest BCUT2D eigenvalue weighted by atomic mass is 79.9. The molecule has 3 rings (SSSR count). The van der Waals surface area contributed by atoms with Gasteiger partial charge in [0.25, 0.3) is 0 Å². The van der Waals surface area contributed by atoms with Crippen LogP contribution in [0, 0.1) is 0 Å². The number of carbonyl (C=O) groups is 2. The number of ether oxygens (including phenoxy) is 1. The maximum absolute atomic E-state index is 12.4. The third-order valence-corrected chi connectivity index (χ3v) is 5.99. The van der Waals surface area contributed by atoms with Crippen molar-refractivity contribution in [3.8, 4) is 0 Å². The molecule has 0 saturated carbocycles. The van der Waals surface area contributed by atoms with Crippen molar-refractivity contribution in [2.24, 2.45) is 0 Å². The summed E-state index contributed by atoms with van der Waals surface area (Å²) in [6.07, 6.45) is 1.13. The second-order valence-corrected chi connectivity index (χ2v) is 8.77. The number of thiocarbonyl (C=S) groups is 1. The number of nitrogens with one attached hydrogen (secondary N) is 1. The molecule has 1 atom stereocenters. The molecule has 2 aliphatic rings. The maximum Gasteiger partial charge on any atom is 0.410 e. The third-order valence-electron chi connectivity index (χ3n) is 5.12. The number of rotatable bonds is 5. The number of nitrogens with zero attached hydrogens (tertiary/aromatic N) is 2. The van der Waals surface area contributed by atoms with E-state index >= 15 is 0 Å². The number of likely N-dealkylation sites (tertiary alicyclic amines) is 1. The minimum Gasteiger partial charge on any atom is -0.481 e. The molecule has 2 heterocycles. The minimum atomic E-state index is -0.858. The van der Waals surface area contributed by atoms with Gasteiger partial charge in [-0.2, -0.15) is 0 Å². The minimum absolute atomic E-state index is 0.0140. The topological polar surface area (TPSA) is 82.1 Å². The summed E-state index contributed by atoms with van der Waals surface area (Å²) in [5.74, 6) is -0.858. The second-order valence-electron chi connectivity index (χ2n) is 7.47. The Bertz CT molecular complexity index is 767. The summed E-state index contributed by atoms with van der Waals surface area (Å²) in [5, 5.41) is 12.5. The summed E-state index contributed by atoms with van der Waals surface area (Å²) < 4.78 is 6.76. The Balaban J connectivity index is 1.53. The Labute approximate surface area is 178 Å². The molecular weight excluding hydrogens is 446 g/mol. The standard InChI is InChI=1S/C19H24BrN3O4S/c1-13(9-16(24)25)21-17(28)22-7-5-19(6-8-22)12-23(18(26)27-19)11-14-3-2-4-15(20)10-14/h2-4,10,13H,5-9,11-12H2,1H3,(H,21,28)(H,24,25). The van der Waals surface area contributed by atoms with Crippen LogP contribution in [-0.2, 0) is 16.1 Å². The van der Waals surface area contributed by atoms with E-state index in [0.29, 0.717) is 44.1 Å². The lowest BCUT2D eigenvalue weighted by Gasteiger charge is -2.39. The van der Waals surface area contributed by atoms with Crippen molar-refractivity contribution in [3.05, 3.63) is 34.3 Å². The van der Waals surface area contributed by atoms with Gasteiger partial charge >= 0.3 is 12.1 Å². The molecule has 1 aromatic carbocycles. The number of hydrogen-bond donors (Lipinski definition) is 2. The van der Waals surface area contributed by atoms with Gasteiger partial charge in [-0.1, -0.05) is 28.1 Å². The van der Waals surface area contributed by atoms with E-state index in [9.17, 15) is 9.59 Å². The molecular formula is C19H24BrN3O4S. The number of carboxylic acids is 1. The summed E-state index contributed by atoms with van der Waals surface area (Å²) in [7, 11) is 0. The van der Waals surface area contributed by atoms with Gasteiger partial charge in [0, 0.05) is 43.0 Å². The van der Waals surface area contributed by atoms with Gasteiger partial charge in [-0.05, 0) is 36.8 Å². The summed E-state index contributed by atoms with van der Waals surface area (Å²) in [6, 6.07) is 7.68. The van der Waals surface area contributed by atoms with Crippen molar-refractivity contribution in [1.29, 1.82) is 0 Å². The first kappa shape index (κ1) is 20.9. The first-order valence-corrected chi connectivity index (χ1v) is 10.5. The van der Waals surface area contributed by atoms with Crippen molar-refractivity contribution in [2.75, 3.05) is 19.6 Å². The Morgan fingerprint density at radius 3 is 2.79 bits per heavy atom. The van der Waals surface area contributed by atoms with Gasteiger partial charge in [0.15, 0.2) is 5.11 Å². The van der Waals surface area contributed by atoms with Gasteiger partial charge in [-0.25, -0.2) is 4.79 Å². The molecule has 2 aliphatic heterocycles. The Morgan fingerprint density at radius 2 is 2.14 bits per heavy atom. The number of aliphatic carboxylic acids is 1. The summed E-state index contributed by atoms with van der Waals surface area (Å²) in [6.45, 7) is 4.23. The Kier molecular flexibility index (Phi) is 6.44. The smallest absolute Gasteiger partial charge is 0.410 e. The van der Waals surface area contributed by atoms with Gasteiger partial charge in [-0.15, -0.1) is 0 Å². The van der Waals surface area contributed by atoms with Crippen LogP contribution in [0.5, 0.6) is 0 Å². The predicted octanol–water partition coefficient (Wildman–Crippen LogP) is 2.97. The number of hydrogen-bond acceptors (Lipinski definition) is 4. The molecule has 2 N–H and O–H groups in total. The summed E-state index contributed by atoms with van der Waals surface area (Å²) in [4.78, 5) is 27.0. The number of benzene rings is 1. The zero-order chi connectivity index (χ0) is 20.3. The van der Waals surface area contributed by atoms with Crippen LogP contribution in [0.15, 0.2) is 28.7 Å². The third kappa shape index (κ3) is 5.14. The fourth-order valence-electron chi connectivity index (χ4n) is 3.66. The number of amides is 1. The zero-order valence-electron chi connectivity index (χ0n) is 15.7. The molecule has 0 radical (unpaired) electrons. The van der Waals surface area contributed by atoms with Gasteiger partial charge in [0.1, 0.15) is 5.60 Å². The van der Waals surface area contributed by atoms with E-state index in [2.05, 4.69) is 21.2 Å². The highest BCUT2D eigenvalue weighted by Crippen LogP contribution is 2.34. The van der Waals surface area contributed by atoms with Gasteiger partial charge in [0.05, 0.1) is 13.0 Å². The van der Waals surface area contributed by atoms with Crippen LogP contribution in [0.2, 0.25) is 0 Å².